The Hall–Kier alpha value is -4.11. The number of nitrogens with two attached hydrogens (primary N) is 3. The molecule has 1 rings (SSSR count). The largest absolute Gasteiger partial charge is 0.508 e. The zero-order chi connectivity index (χ0) is 32.7. The molecular weight excluding hydrogens is 572 g/mol. The number of carboxylic acids is 1. The van der Waals surface area contributed by atoms with Gasteiger partial charge in [0.1, 0.15) is 17.5 Å². The van der Waals surface area contributed by atoms with E-state index in [2.05, 4.69) is 26.3 Å². The highest BCUT2D eigenvalue weighted by Gasteiger charge is 2.24. The molecule has 2 atom stereocenters. The fourth-order valence-corrected chi connectivity index (χ4v) is 4.23. The molecule has 1 aromatic carbocycles. The van der Waals surface area contributed by atoms with Gasteiger partial charge in [0.15, 0.2) is 5.96 Å². The molecule has 13 N–H and O–H groups in total. The quantitative estimate of drug-likeness (QED) is 0.0400. The van der Waals surface area contributed by atoms with Gasteiger partial charge in [-0.3, -0.25) is 24.2 Å². The lowest BCUT2D eigenvalue weighted by atomic mass is 10.1. The lowest BCUT2D eigenvalue weighted by Crippen LogP contribution is -2.48. The summed E-state index contributed by atoms with van der Waals surface area (Å²) >= 11 is 0. The van der Waals surface area contributed by atoms with Crippen molar-refractivity contribution in [1.29, 1.82) is 0 Å². The van der Waals surface area contributed by atoms with Gasteiger partial charge >= 0.3 is 5.97 Å². The first kappa shape index (κ1) is 37.9. The molecule has 0 aromatic heterocycles. The van der Waals surface area contributed by atoms with Crippen LogP contribution in [0, 0.1) is 0 Å². The fourth-order valence-electron chi connectivity index (χ4n) is 4.23. The van der Waals surface area contributed by atoms with Gasteiger partial charge in [0, 0.05) is 31.3 Å². The van der Waals surface area contributed by atoms with Crippen molar-refractivity contribution in [2.24, 2.45) is 22.2 Å². The van der Waals surface area contributed by atoms with E-state index in [0.717, 1.165) is 70.5 Å². The summed E-state index contributed by atoms with van der Waals surface area (Å²) in [5.74, 6) is -3.08. The highest BCUT2D eigenvalue weighted by Crippen LogP contribution is 2.22. The van der Waals surface area contributed by atoms with Crippen molar-refractivity contribution in [3.63, 3.8) is 0 Å². The van der Waals surface area contributed by atoms with E-state index in [-0.39, 0.29) is 35.4 Å². The number of phenolic OH excluding ortho intramolecular Hbond substituents is 2. The summed E-state index contributed by atoms with van der Waals surface area (Å²) in [4.78, 5) is 51.8. The number of nitrogens with one attached hydrogen (secondary N) is 4. The molecular formula is C29H50N8O7. The maximum atomic E-state index is 12.5. The average Bonchev–Trinajstić information content (AvgIpc) is 2.95. The van der Waals surface area contributed by atoms with Crippen LogP contribution in [0.1, 0.15) is 69.8 Å². The van der Waals surface area contributed by atoms with E-state index in [9.17, 15) is 29.4 Å². The number of rotatable bonds is 24. The molecule has 0 aliphatic carbocycles. The van der Waals surface area contributed by atoms with E-state index in [1.165, 1.54) is 12.1 Å². The molecule has 0 aliphatic rings. The Bertz CT molecular complexity index is 1070. The van der Waals surface area contributed by atoms with Crippen molar-refractivity contribution in [2.75, 3.05) is 32.7 Å². The number of aliphatic imine (C=N–C) groups is 1. The second kappa shape index (κ2) is 22.4. The van der Waals surface area contributed by atoms with Crippen molar-refractivity contribution in [3.8, 4) is 11.5 Å². The first-order chi connectivity index (χ1) is 21.0. The highest BCUT2D eigenvalue weighted by atomic mass is 16.4. The molecule has 0 fully saturated rings. The van der Waals surface area contributed by atoms with Crippen molar-refractivity contribution in [2.45, 2.75) is 82.7 Å². The fraction of sp³-hybridized carbons (Fsp3) is 0.621. The Morgan fingerprint density at radius 1 is 0.818 bits per heavy atom. The number of carbonyl (C=O) groups is 4. The Morgan fingerprint density at radius 3 is 1.98 bits per heavy atom. The summed E-state index contributed by atoms with van der Waals surface area (Å²) in [6.45, 7) is 3.08. The molecule has 0 aliphatic heterocycles. The lowest BCUT2D eigenvalue weighted by molar-refractivity contribution is -0.140. The Balaban J connectivity index is 2.07. The number of phenols is 2. The molecule has 0 unspecified atom stereocenters. The van der Waals surface area contributed by atoms with Gasteiger partial charge in [0.2, 0.25) is 17.7 Å². The number of benzene rings is 1. The van der Waals surface area contributed by atoms with E-state index < -0.39 is 36.3 Å². The summed E-state index contributed by atoms with van der Waals surface area (Å²) in [7, 11) is 0. The number of guanidine groups is 1. The zero-order valence-corrected chi connectivity index (χ0v) is 25.4. The van der Waals surface area contributed by atoms with Gasteiger partial charge in [-0.2, -0.15) is 0 Å². The SMILES string of the molecule is NC(N)=NCC[C@@H](N)C(=O)NCCCCCNCCCCCCCNC(=O)[C@H](CC(=O)O)NC(=O)Cc1ccc(O)cc1O. The van der Waals surface area contributed by atoms with Crippen LogP contribution in [0.5, 0.6) is 11.5 Å². The summed E-state index contributed by atoms with van der Waals surface area (Å²) in [6.07, 6.45) is 7.11. The average molecular weight is 623 g/mol. The Labute approximate surface area is 258 Å². The topological polar surface area (TPSA) is 268 Å². The summed E-state index contributed by atoms with van der Waals surface area (Å²) in [6, 6.07) is 1.91. The molecule has 0 spiro atoms. The Kier molecular flexibility index (Phi) is 19.3. The van der Waals surface area contributed by atoms with Crippen molar-refractivity contribution in [3.05, 3.63) is 23.8 Å². The van der Waals surface area contributed by atoms with Crippen LogP contribution in [-0.2, 0) is 25.6 Å². The van der Waals surface area contributed by atoms with Gasteiger partial charge in [-0.05, 0) is 51.3 Å². The second-order valence-corrected chi connectivity index (χ2v) is 10.6. The maximum absolute atomic E-state index is 12.5. The number of aromatic hydroxyl groups is 2. The summed E-state index contributed by atoms with van der Waals surface area (Å²) in [5.41, 5.74) is 16.5. The minimum Gasteiger partial charge on any atom is -0.508 e. The molecule has 0 saturated carbocycles. The molecule has 0 heterocycles. The minimum absolute atomic E-state index is 0.0189. The van der Waals surface area contributed by atoms with Gasteiger partial charge < -0.3 is 53.8 Å². The molecule has 15 nitrogen and oxygen atoms in total. The predicted molar refractivity (Wildman–Crippen MR) is 167 cm³/mol. The van der Waals surface area contributed by atoms with Gasteiger partial charge in [0.05, 0.1) is 18.9 Å². The van der Waals surface area contributed by atoms with Gasteiger partial charge in [-0.15, -0.1) is 0 Å². The maximum Gasteiger partial charge on any atom is 0.305 e. The van der Waals surface area contributed by atoms with Gasteiger partial charge in [0.25, 0.3) is 0 Å². The molecule has 3 amide bonds. The van der Waals surface area contributed by atoms with Gasteiger partial charge in [-0.1, -0.05) is 31.7 Å². The number of hydrogen-bond acceptors (Lipinski definition) is 9. The number of aliphatic carboxylic acids is 1. The first-order valence-electron chi connectivity index (χ1n) is 15.1. The third-order valence-electron chi connectivity index (χ3n) is 6.68. The van der Waals surface area contributed by atoms with Crippen LogP contribution in [0.25, 0.3) is 0 Å². The summed E-state index contributed by atoms with van der Waals surface area (Å²) < 4.78 is 0. The third-order valence-corrected chi connectivity index (χ3v) is 6.68. The standard InChI is InChI=1S/C29H50N8O7/c30-22(11-16-36-29(31)32)27(43)34-14-8-4-6-13-33-12-5-2-1-3-7-15-35-28(44)23(19-26(41)42)37-25(40)17-20-9-10-21(38)18-24(20)39/h9-10,18,22-23,33,38-39H,1-8,11-17,19,30H2,(H,34,43)(H,35,44)(H,37,40)(H,41,42)(H4,31,32,36)/t22-,23+/m1/s1. The highest BCUT2D eigenvalue weighted by molar-refractivity contribution is 5.91. The third kappa shape index (κ3) is 18.4. The van der Waals surface area contributed by atoms with E-state index >= 15 is 0 Å². The molecule has 15 heteroatoms. The molecule has 248 valence electrons. The Morgan fingerprint density at radius 2 is 1.39 bits per heavy atom. The van der Waals surface area contributed by atoms with Crippen molar-refractivity contribution >= 4 is 29.7 Å². The van der Waals surface area contributed by atoms with Crippen LogP contribution in [0.3, 0.4) is 0 Å². The van der Waals surface area contributed by atoms with E-state index in [1.54, 1.807) is 0 Å². The van der Waals surface area contributed by atoms with Crippen LogP contribution >= 0.6 is 0 Å². The van der Waals surface area contributed by atoms with Crippen LogP contribution in [0.4, 0.5) is 0 Å². The van der Waals surface area contributed by atoms with Gasteiger partial charge in [-0.25, -0.2) is 0 Å². The number of carboxylic acid groups (broad SMARTS) is 1. The number of nitrogens with zero attached hydrogens (tertiary/aromatic N) is 1. The minimum atomic E-state index is -1.24. The summed E-state index contributed by atoms with van der Waals surface area (Å²) in [5, 5.41) is 39.7. The monoisotopic (exact) mass is 622 g/mol. The van der Waals surface area contributed by atoms with Crippen LogP contribution in [-0.4, -0.2) is 89.8 Å². The molecule has 0 bridgehead atoms. The number of amides is 3. The van der Waals surface area contributed by atoms with Crippen molar-refractivity contribution < 1.29 is 34.5 Å². The molecule has 0 saturated heterocycles. The normalized spacial score (nSPS) is 12.1. The lowest BCUT2D eigenvalue weighted by Gasteiger charge is -2.17. The number of hydrogen-bond donors (Lipinski definition) is 10. The number of carbonyl (C=O) groups excluding carboxylic acids is 3. The molecule has 1 aromatic rings. The zero-order valence-electron chi connectivity index (χ0n) is 25.4. The first-order valence-corrected chi connectivity index (χ1v) is 15.1. The van der Waals surface area contributed by atoms with Crippen LogP contribution < -0.4 is 38.5 Å². The predicted octanol–water partition coefficient (Wildman–Crippen LogP) is -0.467. The van der Waals surface area contributed by atoms with E-state index in [1.807, 2.05) is 0 Å². The smallest absolute Gasteiger partial charge is 0.305 e. The van der Waals surface area contributed by atoms with E-state index in [4.69, 9.17) is 22.3 Å². The van der Waals surface area contributed by atoms with Crippen molar-refractivity contribution in [1.82, 2.24) is 21.3 Å². The molecule has 0 radical (unpaired) electrons. The van der Waals surface area contributed by atoms with Crippen LogP contribution in [0.15, 0.2) is 23.2 Å². The van der Waals surface area contributed by atoms with E-state index in [0.29, 0.717) is 26.1 Å². The second-order valence-electron chi connectivity index (χ2n) is 10.6. The number of unbranched alkanes of at least 4 members (excludes halogenated alkanes) is 6. The molecule has 44 heavy (non-hydrogen) atoms. The van der Waals surface area contributed by atoms with Crippen LogP contribution in [0.2, 0.25) is 0 Å².